The van der Waals surface area contributed by atoms with Gasteiger partial charge in [-0.25, -0.2) is 0 Å². The predicted octanol–water partition coefficient (Wildman–Crippen LogP) is 0.233. The van der Waals surface area contributed by atoms with Gasteiger partial charge in [-0.1, -0.05) is 0 Å². The van der Waals surface area contributed by atoms with Crippen molar-refractivity contribution in [1.29, 1.82) is 5.26 Å². The van der Waals surface area contributed by atoms with Crippen molar-refractivity contribution < 1.29 is 9.90 Å². The summed E-state index contributed by atoms with van der Waals surface area (Å²) in [7, 11) is 0. The Labute approximate surface area is 80.2 Å². The van der Waals surface area contributed by atoms with Gasteiger partial charge in [-0.05, 0) is 19.1 Å². The second-order valence-corrected chi connectivity index (χ2v) is 2.62. The molecule has 72 valence electrons. The summed E-state index contributed by atoms with van der Waals surface area (Å²) >= 11 is 0. The van der Waals surface area contributed by atoms with Gasteiger partial charge in [0.1, 0.15) is 17.9 Å². The maximum atomic E-state index is 10.5. The van der Waals surface area contributed by atoms with E-state index in [9.17, 15) is 4.79 Å². The van der Waals surface area contributed by atoms with Gasteiger partial charge < -0.3 is 10.4 Å². The number of nitriles is 1. The summed E-state index contributed by atoms with van der Waals surface area (Å²) < 4.78 is 0. The van der Waals surface area contributed by atoms with E-state index in [0.29, 0.717) is 5.82 Å². The minimum absolute atomic E-state index is 0.193. The van der Waals surface area contributed by atoms with Crippen LogP contribution in [-0.4, -0.2) is 27.3 Å². The summed E-state index contributed by atoms with van der Waals surface area (Å²) in [5.41, 5.74) is 0.193. The predicted molar refractivity (Wildman–Crippen MR) is 47.5 cm³/mol. The highest BCUT2D eigenvalue weighted by molar-refractivity contribution is 5.76. The van der Waals surface area contributed by atoms with E-state index in [-0.39, 0.29) is 5.69 Å². The van der Waals surface area contributed by atoms with Crippen LogP contribution in [0.2, 0.25) is 0 Å². The second-order valence-electron chi connectivity index (χ2n) is 2.62. The number of carboxylic acid groups (broad SMARTS) is 1. The standard InChI is InChI=1S/C8H8N4O2/c1-5(8(13)14)10-7-3-2-6(4-9)11-12-7/h2-3,5H,1H3,(H,10,12)(H,13,14). The van der Waals surface area contributed by atoms with E-state index in [1.54, 1.807) is 0 Å². The van der Waals surface area contributed by atoms with Crippen LogP contribution in [0.15, 0.2) is 12.1 Å². The average Bonchev–Trinajstić information content (AvgIpc) is 2.19. The van der Waals surface area contributed by atoms with Crippen LogP contribution in [0.3, 0.4) is 0 Å². The molecule has 0 spiro atoms. The Hall–Kier alpha value is -2.16. The first kappa shape index (κ1) is 9.92. The third-order valence-electron chi connectivity index (χ3n) is 1.51. The van der Waals surface area contributed by atoms with Crippen LogP contribution >= 0.6 is 0 Å². The van der Waals surface area contributed by atoms with E-state index in [4.69, 9.17) is 10.4 Å². The third-order valence-corrected chi connectivity index (χ3v) is 1.51. The molecule has 6 nitrogen and oxygen atoms in total. The zero-order chi connectivity index (χ0) is 10.6. The lowest BCUT2D eigenvalue weighted by atomic mass is 10.3. The number of aromatic nitrogens is 2. The molecule has 0 aliphatic rings. The minimum atomic E-state index is -0.976. The summed E-state index contributed by atoms with van der Waals surface area (Å²) in [5.74, 6) is -0.643. The molecule has 0 aromatic carbocycles. The van der Waals surface area contributed by atoms with Gasteiger partial charge in [-0.15, -0.1) is 10.2 Å². The largest absolute Gasteiger partial charge is 0.480 e. The van der Waals surface area contributed by atoms with Crippen molar-refractivity contribution in [2.75, 3.05) is 5.32 Å². The molecule has 0 saturated heterocycles. The molecule has 1 aromatic heterocycles. The normalized spacial score (nSPS) is 11.4. The third kappa shape index (κ3) is 2.42. The first-order chi connectivity index (χ1) is 6.63. The first-order valence-electron chi connectivity index (χ1n) is 3.86. The van der Waals surface area contributed by atoms with Crippen molar-refractivity contribution in [1.82, 2.24) is 10.2 Å². The lowest BCUT2D eigenvalue weighted by molar-refractivity contribution is -0.137. The van der Waals surface area contributed by atoms with Gasteiger partial charge in [-0.3, -0.25) is 4.79 Å². The zero-order valence-corrected chi connectivity index (χ0v) is 7.43. The molecule has 0 bridgehead atoms. The number of aliphatic carboxylic acids is 1. The number of hydrogen-bond acceptors (Lipinski definition) is 5. The lowest BCUT2D eigenvalue weighted by Gasteiger charge is -2.08. The molecule has 14 heavy (non-hydrogen) atoms. The van der Waals surface area contributed by atoms with E-state index in [2.05, 4.69) is 15.5 Å². The zero-order valence-electron chi connectivity index (χ0n) is 7.43. The van der Waals surface area contributed by atoms with Crippen molar-refractivity contribution in [3.8, 4) is 6.07 Å². The smallest absolute Gasteiger partial charge is 0.325 e. The minimum Gasteiger partial charge on any atom is -0.480 e. The van der Waals surface area contributed by atoms with Crippen molar-refractivity contribution in [2.24, 2.45) is 0 Å². The van der Waals surface area contributed by atoms with Crippen LogP contribution in [0.25, 0.3) is 0 Å². The second kappa shape index (κ2) is 4.18. The number of rotatable bonds is 3. The highest BCUT2D eigenvalue weighted by atomic mass is 16.4. The molecule has 1 heterocycles. The topological polar surface area (TPSA) is 98.9 Å². The van der Waals surface area contributed by atoms with E-state index < -0.39 is 12.0 Å². The Morgan fingerprint density at radius 3 is 2.79 bits per heavy atom. The molecule has 2 N–H and O–H groups in total. The van der Waals surface area contributed by atoms with Crippen molar-refractivity contribution >= 4 is 11.8 Å². The lowest BCUT2D eigenvalue weighted by Crippen LogP contribution is -2.25. The van der Waals surface area contributed by atoms with Crippen LogP contribution in [0.1, 0.15) is 12.6 Å². The molecule has 0 radical (unpaired) electrons. The molecule has 1 atom stereocenters. The van der Waals surface area contributed by atoms with Crippen LogP contribution in [-0.2, 0) is 4.79 Å². The van der Waals surface area contributed by atoms with Gasteiger partial charge in [-0.2, -0.15) is 5.26 Å². The number of anilines is 1. The van der Waals surface area contributed by atoms with Gasteiger partial charge in [0.25, 0.3) is 0 Å². The molecule has 0 aliphatic carbocycles. The van der Waals surface area contributed by atoms with Gasteiger partial charge in [0.2, 0.25) is 0 Å². The Morgan fingerprint density at radius 2 is 2.36 bits per heavy atom. The summed E-state index contributed by atoms with van der Waals surface area (Å²) in [6, 6.07) is 4.04. The molecule has 0 saturated carbocycles. The van der Waals surface area contributed by atoms with Crippen LogP contribution in [0.4, 0.5) is 5.82 Å². The van der Waals surface area contributed by atoms with Gasteiger partial charge >= 0.3 is 5.97 Å². The molecule has 0 amide bonds. The first-order valence-corrected chi connectivity index (χ1v) is 3.86. The van der Waals surface area contributed by atoms with Gasteiger partial charge in [0.15, 0.2) is 5.69 Å². The molecule has 1 unspecified atom stereocenters. The van der Waals surface area contributed by atoms with Gasteiger partial charge in [0.05, 0.1) is 0 Å². The fourth-order valence-corrected chi connectivity index (χ4v) is 0.752. The quantitative estimate of drug-likeness (QED) is 0.711. The molecule has 1 aromatic rings. The van der Waals surface area contributed by atoms with Gasteiger partial charge in [0, 0.05) is 0 Å². The monoisotopic (exact) mass is 192 g/mol. The van der Waals surface area contributed by atoms with Crippen molar-refractivity contribution in [3.05, 3.63) is 17.8 Å². The summed E-state index contributed by atoms with van der Waals surface area (Å²) in [6.07, 6.45) is 0. The highest BCUT2D eigenvalue weighted by Gasteiger charge is 2.10. The number of nitrogens with one attached hydrogen (secondary N) is 1. The van der Waals surface area contributed by atoms with Crippen LogP contribution in [0.5, 0.6) is 0 Å². The maximum absolute atomic E-state index is 10.5. The molecule has 1 rings (SSSR count). The summed E-state index contributed by atoms with van der Waals surface area (Å²) in [5, 5.41) is 26.8. The van der Waals surface area contributed by atoms with Crippen molar-refractivity contribution in [2.45, 2.75) is 13.0 Å². The molecule has 0 fully saturated rings. The average molecular weight is 192 g/mol. The Bertz CT molecular complexity index is 368. The fourth-order valence-electron chi connectivity index (χ4n) is 0.752. The molecule has 6 heteroatoms. The summed E-state index contributed by atoms with van der Waals surface area (Å²) in [6.45, 7) is 1.49. The molecule has 0 aliphatic heterocycles. The van der Waals surface area contributed by atoms with E-state index in [1.807, 2.05) is 6.07 Å². The Kier molecular flexibility index (Phi) is 2.97. The number of hydrogen-bond donors (Lipinski definition) is 2. The Balaban J connectivity index is 2.70. The fraction of sp³-hybridized carbons (Fsp3) is 0.250. The molecular weight excluding hydrogens is 184 g/mol. The Morgan fingerprint density at radius 1 is 1.64 bits per heavy atom. The number of carboxylic acids is 1. The van der Waals surface area contributed by atoms with Crippen LogP contribution in [0, 0.1) is 11.3 Å². The number of nitrogens with zero attached hydrogens (tertiary/aromatic N) is 3. The van der Waals surface area contributed by atoms with Crippen molar-refractivity contribution in [3.63, 3.8) is 0 Å². The molecular formula is C8H8N4O2. The highest BCUT2D eigenvalue weighted by Crippen LogP contribution is 2.03. The van der Waals surface area contributed by atoms with E-state index >= 15 is 0 Å². The SMILES string of the molecule is CC(Nc1ccc(C#N)nn1)C(=O)O. The number of carbonyl (C=O) groups is 1. The van der Waals surface area contributed by atoms with Crippen LogP contribution < -0.4 is 5.32 Å². The summed E-state index contributed by atoms with van der Waals surface area (Å²) in [4.78, 5) is 10.5. The maximum Gasteiger partial charge on any atom is 0.325 e. The van der Waals surface area contributed by atoms with E-state index in [1.165, 1.54) is 19.1 Å². The van der Waals surface area contributed by atoms with E-state index in [0.717, 1.165) is 0 Å².